The molecule has 0 aliphatic carbocycles. The molecule has 1 unspecified atom stereocenters. The van der Waals surface area contributed by atoms with Gasteiger partial charge in [-0.25, -0.2) is 0 Å². The van der Waals surface area contributed by atoms with Crippen LogP contribution in [0.4, 0.5) is 5.69 Å². The van der Waals surface area contributed by atoms with E-state index in [0.29, 0.717) is 6.54 Å². The van der Waals surface area contributed by atoms with Crippen molar-refractivity contribution in [3.05, 3.63) is 45.7 Å². The predicted octanol–water partition coefficient (Wildman–Crippen LogP) is 4.21. The fourth-order valence-corrected chi connectivity index (χ4v) is 3.64. The first kappa shape index (κ1) is 19.7. The summed E-state index contributed by atoms with van der Waals surface area (Å²) in [4.78, 5) is 14.8. The van der Waals surface area contributed by atoms with Crippen LogP contribution in [0.2, 0.25) is 0 Å². The van der Waals surface area contributed by atoms with E-state index in [4.69, 9.17) is 0 Å². The molecule has 136 valence electrons. The summed E-state index contributed by atoms with van der Waals surface area (Å²) in [5.74, 6) is -0.00782. The van der Waals surface area contributed by atoms with E-state index in [1.807, 2.05) is 39.1 Å². The minimum atomic E-state index is -0.00782. The Labute approximate surface area is 158 Å². The molecule has 1 amide bonds. The van der Waals surface area contributed by atoms with Gasteiger partial charge in [0.25, 0.3) is 0 Å². The van der Waals surface area contributed by atoms with Crippen LogP contribution in [-0.4, -0.2) is 33.7 Å². The number of rotatable bonds is 7. The maximum absolute atomic E-state index is 12.6. The second kappa shape index (κ2) is 8.63. The Hall–Kier alpha value is -1.66. The summed E-state index contributed by atoms with van der Waals surface area (Å²) in [7, 11) is 1.89. The molecule has 2 rings (SSSR count). The van der Waals surface area contributed by atoms with Crippen molar-refractivity contribution in [3.63, 3.8) is 0 Å². The van der Waals surface area contributed by atoms with Gasteiger partial charge in [0.05, 0.1) is 23.6 Å². The van der Waals surface area contributed by atoms with Gasteiger partial charge >= 0.3 is 0 Å². The molecule has 1 aromatic heterocycles. The molecular formula is C19H27BrN4O. The third-order valence-corrected chi connectivity index (χ3v) is 5.26. The zero-order valence-electron chi connectivity index (χ0n) is 15.6. The average molecular weight is 407 g/mol. The quantitative estimate of drug-likeness (QED) is 0.748. The molecule has 1 heterocycles. The van der Waals surface area contributed by atoms with E-state index in [1.54, 1.807) is 4.68 Å². The summed E-state index contributed by atoms with van der Waals surface area (Å²) < 4.78 is 2.86. The first-order chi connectivity index (χ1) is 11.8. The predicted molar refractivity (Wildman–Crippen MR) is 106 cm³/mol. The van der Waals surface area contributed by atoms with Crippen LogP contribution in [0.5, 0.6) is 0 Å². The van der Waals surface area contributed by atoms with E-state index in [-0.39, 0.29) is 11.9 Å². The van der Waals surface area contributed by atoms with Crippen molar-refractivity contribution in [2.24, 2.45) is 7.05 Å². The van der Waals surface area contributed by atoms with E-state index in [2.05, 4.69) is 51.2 Å². The summed E-state index contributed by atoms with van der Waals surface area (Å²) in [6, 6.07) is 8.33. The number of carbonyl (C=O) groups excluding carboxylic acids is 1. The molecule has 5 nitrogen and oxygen atoms in total. The van der Waals surface area contributed by atoms with Crippen molar-refractivity contribution in [2.45, 2.75) is 40.2 Å². The Kier molecular flexibility index (Phi) is 6.79. The van der Waals surface area contributed by atoms with Crippen molar-refractivity contribution in [1.82, 2.24) is 14.7 Å². The van der Waals surface area contributed by atoms with Crippen LogP contribution in [-0.2, 0) is 11.8 Å². The molecule has 2 aromatic rings. The normalized spacial score (nSPS) is 12.4. The van der Waals surface area contributed by atoms with E-state index in [1.165, 1.54) is 5.56 Å². The van der Waals surface area contributed by atoms with Crippen molar-refractivity contribution >= 4 is 27.5 Å². The largest absolute Gasteiger partial charge is 0.322 e. The van der Waals surface area contributed by atoms with Crippen LogP contribution < -0.4 is 5.32 Å². The Bertz CT molecular complexity index is 741. The number of amides is 1. The Morgan fingerprint density at radius 2 is 2.04 bits per heavy atom. The maximum Gasteiger partial charge on any atom is 0.238 e. The molecule has 6 heteroatoms. The monoisotopic (exact) mass is 406 g/mol. The topological polar surface area (TPSA) is 50.2 Å². The van der Waals surface area contributed by atoms with Crippen molar-refractivity contribution in [2.75, 3.05) is 18.4 Å². The van der Waals surface area contributed by atoms with Gasteiger partial charge in [0, 0.05) is 17.6 Å². The molecule has 0 aliphatic heterocycles. The number of nitrogens with zero attached hydrogens (tertiary/aromatic N) is 3. The Balaban J connectivity index is 2.13. The number of carbonyl (C=O) groups is 1. The molecular weight excluding hydrogens is 380 g/mol. The lowest BCUT2D eigenvalue weighted by atomic mass is 10.1. The first-order valence-electron chi connectivity index (χ1n) is 8.63. The molecule has 0 saturated carbocycles. The molecule has 1 N–H and O–H groups in total. The summed E-state index contributed by atoms with van der Waals surface area (Å²) in [5.41, 5.74) is 3.82. The summed E-state index contributed by atoms with van der Waals surface area (Å²) in [5, 5.41) is 7.39. The highest BCUT2D eigenvalue weighted by Gasteiger charge is 2.21. The molecule has 0 fully saturated rings. The minimum Gasteiger partial charge on any atom is -0.322 e. The van der Waals surface area contributed by atoms with Gasteiger partial charge in [-0.05, 0) is 45.4 Å². The van der Waals surface area contributed by atoms with Gasteiger partial charge in [-0.3, -0.25) is 14.4 Å². The number of hydrogen-bond acceptors (Lipinski definition) is 3. The number of nitrogens with one attached hydrogen (secondary N) is 1. The second-order valence-electron chi connectivity index (χ2n) is 6.39. The van der Waals surface area contributed by atoms with E-state index < -0.39 is 0 Å². The number of anilines is 1. The van der Waals surface area contributed by atoms with Gasteiger partial charge in [0.15, 0.2) is 0 Å². The SMILES string of the molecule is CCCN(CC(=O)Nc1c(C)nn(C)c1C)C(C)c1ccccc1Br. The minimum absolute atomic E-state index is 0.00782. The Morgan fingerprint density at radius 1 is 1.36 bits per heavy atom. The van der Waals surface area contributed by atoms with Crippen LogP contribution >= 0.6 is 15.9 Å². The number of halogens is 1. The third kappa shape index (κ3) is 4.70. The molecule has 1 atom stereocenters. The summed E-state index contributed by atoms with van der Waals surface area (Å²) in [6.07, 6.45) is 0.993. The smallest absolute Gasteiger partial charge is 0.238 e. The number of aryl methyl sites for hydroxylation is 2. The number of aromatic nitrogens is 2. The zero-order chi connectivity index (χ0) is 18.6. The molecule has 0 bridgehead atoms. The molecule has 0 saturated heterocycles. The fraction of sp³-hybridized carbons (Fsp3) is 0.474. The van der Waals surface area contributed by atoms with Gasteiger partial charge in [-0.1, -0.05) is 41.1 Å². The highest BCUT2D eigenvalue weighted by atomic mass is 79.9. The molecule has 25 heavy (non-hydrogen) atoms. The highest BCUT2D eigenvalue weighted by molar-refractivity contribution is 9.10. The molecule has 0 spiro atoms. The Morgan fingerprint density at radius 3 is 2.60 bits per heavy atom. The lowest BCUT2D eigenvalue weighted by molar-refractivity contribution is -0.117. The lowest BCUT2D eigenvalue weighted by Crippen LogP contribution is -2.36. The van der Waals surface area contributed by atoms with Gasteiger partial charge in [0.1, 0.15) is 0 Å². The number of hydrogen-bond donors (Lipinski definition) is 1. The van der Waals surface area contributed by atoms with E-state index in [9.17, 15) is 4.79 Å². The van der Waals surface area contributed by atoms with E-state index >= 15 is 0 Å². The van der Waals surface area contributed by atoms with Crippen LogP contribution in [0.25, 0.3) is 0 Å². The highest BCUT2D eigenvalue weighted by Crippen LogP contribution is 2.27. The zero-order valence-corrected chi connectivity index (χ0v) is 17.2. The molecule has 0 radical (unpaired) electrons. The first-order valence-corrected chi connectivity index (χ1v) is 9.43. The van der Waals surface area contributed by atoms with E-state index in [0.717, 1.165) is 34.5 Å². The molecule has 0 aliphatic rings. The van der Waals surface area contributed by atoms with Crippen LogP contribution in [0.15, 0.2) is 28.7 Å². The van der Waals surface area contributed by atoms with Gasteiger partial charge in [-0.2, -0.15) is 5.10 Å². The van der Waals surface area contributed by atoms with Crippen molar-refractivity contribution in [1.29, 1.82) is 0 Å². The lowest BCUT2D eigenvalue weighted by Gasteiger charge is -2.29. The van der Waals surface area contributed by atoms with Crippen LogP contribution in [0.1, 0.15) is 43.3 Å². The average Bonchev–Trinajstić information content (AvgIpc) is 2.80. The fourth-order valence-electron chi connectivity index (χ4n) is 3.03. The van der Waals surface area contributed by atoms with Gasteiger partial charge in [-0.15, -0.1) is 0 Å². The maximum atomic E-state index is 12.6. The second-order valence-corrected chi connectivity index (χ2v) is 7.24. The standard InChI is InChI=1S/C19H27BrN4O/c1-6-11-24(14(3)16-9-7-8-10-17(16)20)12-18(25)21-19-13(2)22-23(5)15(19)4/h7-10,14H,6,11-12H2,1-5H3,(H,21,25). The summed E-state index contributed by atoms with van der Waals surface area (Å²) in [6.45, 7) is 9.36. The molecule has 1 aromatic carbocycles. The van der Waals surface area contributed by atoms with Crippen LogP contribution in [0, 0.1) is 13.8 Å². The third-order valence-electron chi connectivity index (χ3n) is 4.53. The summed E-state index contributed by atoms with van der Waals surface area (Å²) >= 11 is 3.62. The number of benzene rings is 1. The van der Waals surface area contributed by atoms with Crippen LogP contribution in [0.3, 0.4) is 0 Å². The van der Waals surface area contributed by atoms with Gasteiger partial charge in [0.2, 0.25) is 5.91 Å². The van der Waals surface area contributed by atoms with Gasteiger partial charge < -0.3 is 5.32 Å². The van der Waals surface area contributed by atoms with Crippen molar-refractivity contribution in [3.8, 4) is 0 Å². The van der Waals surface area contributed by atoms with Crippen molar-refractivity contribution < 1.29 is 4.79 Å².